The van der Waals surface area contributed by atoms with E-state index in [4.69, 9.17) is 14.2 Å². The van der Waals surface area contributed by atoms with Crippen LogP contribution in [0.5, 0.6) is 11.5 Å². The highest BCUT2D eigenvalue weighted by molar-refractivity contribution is 5.75. The van der Waals surface area contributed by atoms with Crippen LogP contribution in [0.4, 0.5) is 0 Å². The number of methoxy groups -OCH3 is 1. The lowest BCUT2D eigenvalue weighted by atomic mass is 9.89. The molecule has 2 fully saturated rings. The number of aliphatic hydroxyl groups is 4. The molecule has 0 radical (unpaired) electrons. The van der Waals surface area contributed by atoms with E-state index in [1.54, 1.807) is 12.1 Å². The average molecular weight is 396 g/mol. The van der Waals surface area contributed by atoms with E-state index in [0.717, 1.165) is 32.1 Å². The molecule has 8 heteroatoms. The smallest absolute Gasteiger partial charge is 0.314 e. The monoisotopic (exact) mass is 396 g/mol. The van der Waals surface area contributed by atoms with Crippen LogP contribution in [0.2, 0.25) is 0 Å². The first-order chi connectivity index (χ1) is 13.5. The van der Waals surface area contributed by atoms with Gasteiger partial charge in [0.1, 0.15) is 42.0 Å². The van der Waals surface area contributed by atoms with E-state index >= 15 is 0 Å². The van der Waals surface area contributed by atoms with Gasteiger partial charge in [-0.2, -0.15) is 0 Å². The van der Waals surface area contributed by atoms with E-state index in [1.165, 1.54) is 13.2 Å². The van der Waals surface area contributed by atoms with Gasteiger partial charge in [-0.1, -0.05) is 19.3 Å². The quantitative estimate of drug-likeness (QED) is 0.423. The van der Waals surface area contributed by atoms with E-state index in [2.05, 4.69) is 0 Å². The van der Waals surface area contributed by atoms with Gasteiger partial charge in [0.05, 0.1) is 19.6 Å². The van der Waals surface area contributed by atoms with Crippen molar-refractivity contribution in [3.63, 3.8) is 0 Å². The number of rotatable bonds is 5. The minimum absolute atomic E-state index is 0.119. The zero-order valence-corrected chi connectivity index (χ0v) is 15.9. The predicted octanol–water partition coefficient (Wildman–Crippen LogP) is 0.696. The number of carbonyl (C=O) groups excluding carboxylic acids is 1. The summed E-state index contributed by atoms with van der Waals surface area (Å²) in [5.41, 5.74) is 0.355. The molecular weight excluding hydrogens is 368 g/mol. The number of hydrogen-bond donors (Lipinski definition) is 4. The number of hydrogen-bond acceptors (Lipinski definition) is 8. The summed E-state index contributed by atoms with van der Waals surface area (Å²) in [7, 11) is 1.44. The maximum Gasteiger partial charge on any atom is 0.314 e. The maximum absolute atomic E-state index is 12.4. The fourth-order valence-electron chi connectivity index (χ4n) is 3.89. The normalized spacial score (nSPS) is 31.4. The lowest BCUT2D eigenvalue weighted by Crippen LogP contribution is -2.55. The van der Waals surface area contributed by atoms with Crippen molar-refractivity contribution in [3.8, 4) is 11.5 Å². The lowest BCUT2D eigenvalue weighted by Gasteiger charge is -2.40. The molecule has 1 saturated heterocycles. The Balaban J connectivity index is 1.83. The molecule has 0 aromatic heterocycles. The van der Waals surface area contributed by atoms with Crippen molar-refractivity contribution in [2.24, 2.45) is 5.92 Å². The Hall–Kier alpha value is -1.71. The van der Waals surface area contributed by atoms with Crippen LogP contribution in [0.3, 0.4) is 0 Å². The molecule has 0 spiro atoms. The molecule has 2 aliphatic rings. The van der Waals surface area contributed by atoms with Crippen LogP contribution in [0.25, 0.3) is 0 Å². The molecule has 0 unspecified atom stereocenters. The summed E-state index contributed by atoms with van der Waals surface area (Å²) >= 11 is 0. The van der Waals surface area contributed by atoms with Gasteiger partial charge in [-0.25, -0.2) is 0 Å². The van der Waals surface area contributed by atoms with Gasteiger partial charge in [0.25, 0.3) is 0 Å². The molecule has 0 amide bonds. The highest BCUT2D eigenvalue weighted by atomic mass is 16.5. The SMILES string of the molecule is COc1ccc(OC(=O)C2CCCCC2)cc1[C@@H]1O[C@H](CO)[C@@H](O)[C@H](O)[C@H]1O. The molecule has 3 rings (SSSR count). The molecule has 28 heavy (non-hydrogen) atoms. The third-order valence-electron chi connectivity index (χ3n) is 5.56. The van der Waals surface area contributed by atoms with Crippen LogP contribution >= 0.6 is 0 Å². The molecular formula is C20H28O8. The van der Waals surface area contributed by atoms with E-state index < -0.39 is 37.1 Å². The summed E-state index contributed by atoms with van der Waals surface area (Å²) < 4.78 is 16.4. The van der Waals surface area contributed by atoms with Crippen LogP contribution < -0.4 is 9.47 Å². The Morgan fingerprint density at radius 2 is 1.82 bits per heavy atom. The van der Waals surface area contributed by atoms with Crippen LogP contribution in [0, 0.1) is 5.92 Å². The van der Waals surface area contributed by atoms with Gasteiger partial charge in [0.2, 0.25) is 0 Å². The fourth-order valence-corrected chi connectivity index (χ4v) is 3.89. The first-order valence-corrected chi connectivity index (χ1v) is 9.66. The average Bonchev–Trinajstić information content (AvgIpc) is 2.73. The number of ether oxygens (including phenoxy) is 3. The summed E-state index contributed by atoms with van der Waals surface area (Å²) in [6.07, 6.45) is -1.73. The Morgan fingerprint density at radius 3 is 2.46 bits per heavy atom. The number of esters is 1. The first kappa shape index (κ1) is 21.0. The van der Waals surface area contributed by atoms with E-state index in [1.807, 2.05) is 0 Å². The topological polar surface area (TPSA) is 126 Å². The largest absolute Gasteiger partial charge is 0.496 e. The summed E-state index contributed by atoms with van der Waals surface area (Å²) in [5.74, 6) is 0.237. The maximum atomic E-state index is 12.4. The van der Waals surface area contributed by atoms with E-state index in [-0.39, 0.29) is 17.6 Å². The van der Waals surface area contributed by atoms with Crippen molar-refractivity contribution in [1.29, 1.82) is 0 Å². The van der Waals surface area contributed by atoms with Crippen LogP contribution in [0.15, 0.2) is 18.2 Å². The van der Waals surface area contributed by atoms with Gasteiger partial charge in [-0.05, 0) is 31.0 Å². The van der Waals surface area contributed by atoms with Gasteiger partial charge in [0.15, 0.2) is 0 Å². The van der Waals surface area contributed by atoms with Crippen LogP contribution in [-0.4, -0.2) is 64.5 Å². The van der Waals surface area contributed by atoms with Crippen molar-refractivity contribution >= 4 is 5.97 Å². The second kappa shape index (κ2) is 9.19. The number of carbonyl (C=O) groups is 1. The summed E-state index contributed by atoms with van der Waals surface area (Å²) in [6, 6.07) is 4.69. The minimum atomic E-state index is -1.51. The van der Waals surface area contributed by atoms with Crippen molar-refractivity contribution < 1.29 is 39.4 Å². The zero-order chi connectivity index (χ0) is 20.3. The van der Waals surface area contributed by atoms with Gasteiger partial charge < -0.3 is 34.6 Å². The number of aliphatic hydroxyl groups excluding tert-OH is 4. The molecule has 4 N–H and O–H groups in total. The highest BCUT2D eigenvalue weighted by Crippen LogP contribution is 2.39. The van der Waals surface area contributed by atoms with Gasteiger partial charge in [0, 0.05) is 5.56 Å². The minimum Gasteiger partial charge on any atom is -0.496 e. The second-order valence-electron chi connectivity index (χ2n) is 7.41. The Kier molecular flexibility index (Phi) is 6.90. The third kappa shape index (κ3) is 4.31. The summed E-state index contributed by atoms with van der Waals surface area (Å²) in [6.45, 7) is -0.528. The lowest BCUT2D eigenvalue weighted by molar-refractivity contribution is -0.232. The number of benzene rings is 1. The first-order valence-electron chi connectivity index (χ1n) is 9.66. The standard InChI is InChI=1S/C20H28O8/c1-26-14-8-7-12(27-20(25)11-5-3-2-4-6-11)9-13(14)19-18(24)17(23)16(22)15(10-21)28-19/h7-9,11,15-19,21-24H,2-6,10H2,1H3/t15-,16-,17+,18-,19+/m1/s1. The van der Waals surface area contributed by atoms with Gasteiger partial charge >= 0.3 is 5.97 Å². The Morgan fingerprint density at radius 1 is 1.11 bits per heavy atom. The van der Waals surface area contributed by atoms with Crippen molar-refractivity contribution in [3.05, 3.63) is 23.8 Å². The van der Waals surface area contributed by atoms with Crippen molar-refractivity contribution in [1.82, 2.24) is 0 Å². The fraction of sp³-hybridized carbons (Fsp3) is 0.650. The summed E-state index contributed by atoms with van der Waals surface area (Å²) in [4.78, 5) is 12.4. The van der Waals surface area contributed by atoms with Crippen molar-refractivity contribution in [2.45, 2.75) is 62.6 Å². The van der Waals surface area contributed by atoms with Gasteiger partial charge in [-0.3, -0.25) is 4.79 Å². The third-order valence-corrected chi connectivity index (χ3v) is 5.56. The highest BCUT2D eigenvalue weighted by Gasteiger charge is 2.45. The molecule has 156 valence electrons. The van der Waals surface area contributed by atoms with E-state index in [9.17, 15) is 25.2 Å². The molecule has 0 bridgehead atoms. The molecule has 1 heterocycles. The predicted molar refractivity (Wildman–Crippen MR) is 97.9 cm³/mol. The molecule has 8 nitrogen and oxygen atoms in total. The van der Waals surface area contributed by atoms with E-state index in [0.29, 0.717) is 11.3 Å². The molecule has 1 saturated carbocycles. The molecule has 1 aliphatic heterocycles. The molecule has 1 aromatic carbocycles. The van der Waals surface area contributed by atoms with Crippen molar-refractivity contribution in [2.75, 3.05) is 13.7 Å². The molecule has 5 atom stereocenters. The Bertz CT molecular complexity index is 670. The second-order valence-corrected chi connectivity index (χ2v) is 7.41. The molecule has 1 aliphatic carbocycles. The van der Waals surface area contributed by atoms with Crippen LogP contribution in [-0.2, 0) is 9.53 Å². The summed E-state index contributed by atoms with van der Waals surface area (Å²) in [5, 5.41) is 39.8. The van der Waals surface area contributed by atoms with Crippen LogP contribution in [0.1, 0.15) is 43.8 Å². The Labute approximate surface area is 163 Å². The van der Waals surface area contributed by atoms with Gasteiger partial charge in [-0.15, -0.1) is 0 Å². The molecule has 1 aromatic rings. The zero-order valence-electron chi connectivity index (χ0n) is 15.9.